The van der Waals surface area contributed by atoms with E-state index in [2.05, 4.69) is 31.4 Å². The second-order valence-corrected chi connectivity index (χ2v) is 8.29. The van der Waals surface area contributed by atoms with E-state index in [1.807, 2.05) is 5.38 Å². The maximum absolute atomic E-state index is 11.8. The van der Waals surface area contributed by atoms with Crippen molar-refractivity contribution in [1.82, 2.24) is 5.32 Å². The molecule has 128 valence electrons. The summed E-state index contributed by atoms with van der Waals surface area (Å²) in [6.07, 6.45) is 3.19. The SMILES string of the molecule is CC(C)(C)C1CCC(O)(CNC(=O)C(=O)Nc2ccsc2)CC1. The van der Waals surface area contributed by atoms with Gasteiger partial charge in [0.2, 0.25) is 0 Å². The quantitative estimate of drug-likeness (QED) is 0.742. The molecule has 1 saturated carbocycles. The molecule has 0 aliphatic heterocycles. The summed E-state index contributed by atoms with van der Waals surface area (Å²) in [6.45, 7) is 6.79. The van der Waals surface area contributed by atoms with E-state index in [1.54, 1.807) is 11.4 Å². The van der Waals surface area contributed by atoms with Gasteiger partial charge in [0, 0.05) is 11.9 Å². The molecule has 23 heavy (non-hydrogen) atoms. The molecule has 0 bridgehead atoms. The van der Waals surface area contributed by atoms with Gasteiger partial charge in [0.1, 0.15) is 0 Å². The second kappa shape index (κ2) is 7.01. The lowest BCUT2D eigenvalue weighted by Crippen LogP contribution is -2.48. The van der Waals surface area contributed by atoms with Crippen LogP contribution in [-0.2, 0) is 9.59 Å². The topological polar surface area (TPSA) is 78.4 Å². The predicted octanol–water partition coefficient (Wildman–Crippen LogP) is 2.77. The standard InChI is InChI=1S/C17H26N2O3S/c1-16(2,3)12-4-7-17(22,8-5-12)11-18-14(20)15(21)19-13-6-9-23-10-13/h6,9-10,12,22H,4-5,7-8,11H2,1-3H3,(H,18,20)(H,19,21). The van der Waals surface area contributed by atoms with E-state index in [0.717, 1.165) is 12.8 Å². The minimum atomic E-state index is -0.903. The highest BCUT2D eigenvalue weighted by atomic mass is 32.1. The first-order valence-corrected chi connectivity index (χ1v) is 8.98. The molecule has 1 aliphatic rings. The molecule has 5 nitrogen and oxygen atoms in total. The normalized spacial score (nSPS) is 25.0. The highest BCUT2D eigenvalue weighted by Crippen LogP contribution is 2.41. The number of nitrogens with one attached hydrogen (secondary N) is 2. The second-order valence-electron chi connectivity index (χ2n) is 7.51. The molecule has 0 atom stereocenters. The molecule has 0 saturated heterocycles. The zero-order chi connectivity index (χ0) is 17.1. The third-order valence-electron chi connectivity index (χ3n) is 4.70. The summed E-state index contributed by atoms with van der Waals surface area (Å²) < 4.78 is 0. The molecule has 0 radical (unpaired) electrons. The number of hydrogen-bond donors (Lipinski definition) is 3. The molecular weight excluding hydrogens is 312 g/mol. The number of amides is 2. The van der Waals surface area contributed by atoms with Crippen molar-refractivity contribution in [2.24, 2.45) is 11.3 Å². The predicted molar refractivity (Wildman–Crippen MR) is 92.3 cm³/mol. The summed E-state index contributed by atoms with van der Waals surface area (Å²) >= 11 is 1.44. The Balaban J connectivity index is 1.79. The lowest BCUT2D eigenvalue weighted by molar-refractivity contribution is -0.137. The Kier molecular flexibility index (Phi) is 5.47. The summed E-state index contributed by atoms with van der Waals surface area (Å²) in [6, 6.07) is 1.73. The smallest absolute Gasteiger partial charge is 0.313 e. The van der Waals surface area contributed by atoms with Crippen LogP contribution in [0.2, 0.25) is 0 Å². The lowest BCUT2D eigenvalue weighted by atomic mass is 9.68. The number of rotatable bonds is 3. The number of carbonyl (C=O) groups excluding carboxylic acids is 2. The maximum Gasteiger partial charge on any atom is 0.313 e. The molecule has 6 heteroatoms. The van der Waals surface area contributed by atoms with Gasteiger partial charge >= 0.3 is 11.8 Å². The van der Waals surface area contributed by atoms with E-state index in [9.17, 15) is 14.7 Å². The van der Waals surface area contributed by atoms with Crippen LogP contribution in [0.3, 0.4) is 0 Å². The summed E-state index contributed by atoms with van der Waals surface area (Å²) in [5, 5.41) is 19.3. The fraction of sp³-hybridized carbons (Fsp3) is 0.647. The largest absolute Gasteiger partial charge is 0.388 e. The average Bonchev–Trinajstić information content (AvgIpc) is 2.97. The Morgan fingerprint density at radius 2 is 1.96 bits per heavy atom. The van der Waals surface area contributed by atoms with Gasteiger partial charge in [-0.2, -0.15) is 11.3 Å². The van der Waals surface area contributed by atoms with Crippen LogP contribution in [-0.4, -0.2) is 29.1 Å². The van der Waals surface area contributed by atoms with Crippen LogP contribution in [0.5, 0.6) is 0 Å². The summed E-state index contributed by atoms with van der Waals surface area (Å²) in [5.74, 6) is -0.821. The van der Waals surface area contributed by atoms with Crippen LogP contribution < -0.4 is 10.6 Å². The third kappa shape index (κ3) is 5.04. The molecule has 1 fully saturated rings. The van der Waals surface area contributed by atoms with Crippen molar-refractivity contribution in [2.45, 2.75) is 52.1 Å². The Bertz CT molecular complexity index is 541. The van der Waals surface area contributed by atoms with Crippen molar-refractivity contribution < 1.29 is 14.7 Å². The van der Waals surface area contributed by atoms with Crippen LogP contribution in [0.15, 0.2) is 16.8 Å². The van der Waals surface area contributed by atoms with Crippen molar-refractivity contribution in [3.05, 3.63) is 16.8 Å². The van der Waals surface area contributed by atoms with E-state index in [4.69, 9.17) is 0 Å². The van der Waals surface area contributed by atoms with Gasteiger partial charge in [-0.05, 0) is 48.5 Å². The first kappa shape index (κ1) is 17.9. The minimum Gasteiger partial charge on any atom is -0.388 e. The fourth-order valence-electron chi connectivity index (χ4n) is 3.05. The van der Waals surface area contributed by atoms with Gasteiger partial charge in [-0.3, -0.25) is 9.59 Å². The molecule has 0 unspecified atom stereocenters. The number of hydrogen-bond acceptors (Lipinski definition) is 4. The van der Waals surface area contributed by atoms with Crippen molar-refractivity contribution >= 4 is 28.8 Å². The molecule has 3 N–H and O–H groups in total. The average molecular weight is 338 g/mol. The Hall–Kier alpha value is -1.40. The van der Waals surface area contributed by atoms with Crippen LogP contribution in [0, 0.1) is 11.3 Å². The van der Waals surface area contributed by atoms with Gasteiger partial charge in [0.25, 0.3) is 0 Å². The molecule has 1 heterocycles. The lowest BCUT2D eigenvalue weighted by Gasteiger charge is -2.41. The monoisotopic (exact) mass is 338 g/mol. The zero-order valence-electron chi connectivity index (χ0n) is 14.0. The third-order valence-corrected chi connectivity index (χ3v) is 5.39. The van der Waals surface area contributed by atoms with Crippen LogP contribution in [0.1, 0.15) is 46.5 Å². The highest BCUT2D eigenvalue weighted by Gasteiger charge is 2.37. The first-order chi connectivity index (χ1) is 10.7. The highest BCUT2D eigenvalue weighted by molar-refractivity contribution is 7.08. The van der Waals surface area contributed by atoms with Crippen LogP contribution in [0.4, 0.5) is 5.69 Å². The molecule has 0 spiro atoms. The number of aliphatic hydroxyl groups is 1. The Morgan fingerprint density at radius 1 is 1.30 bits per heavy atom. The van der Waals surface area contributed by atoms with E-state index in [-0.39, 0.29) is 12.0 Å². The molecule has 0 aromatic carbocycles. The van der Waals surface area contributed by atoms with E-state index in [0.29, 0.717) is 24.4 Å². The fourth-order valence-corrected chi connectivity index (χ4v) is 3.63. The summed E-state index contributed by atoms with van der Waals surface area (Å²) in [4.78, 5) is 23.6. The minimum absolute atomic E-state index is 0.125. The molecule has 2 rings (SSSR count). The van der Waals surface area contributed by atoms with Crippen LogP contribution in [0.25, 0.3) is 0 Å². The zero-order valence-corrected chi connectivity index (χ0v) is 14.8. The van der Waals surface area contributed by atoms with Gasteiger partial charge in [0.05, 0.1) is 11.3 Å². The van der Waals surface area contributed by atoms with Gasteiger partial charge in [-0.1, -0.05) is 20.8 Å². The van der Waals surface area contributed by atoms with Crippen LogP contribution >= 0.6 is 11.3 Å². The van der Waals surface area contributed by atoms with Gasteiger partial charge in [-0.15, -0.1) is 0 Å². The van der Waals surface area contributed by atoms with Gasteiger partial charge in [0.15, 0.2) is 0 Å². The van der Waals surface area contributed by atoms with Gasteiger partial charge < -0.3 is 15.7 Å². The van der Waals surface area contributed by atoms with Crippen molar-refractivity contribution in [1.29, 1.82) is 0 Å². The Labute approximate surface area is 141 Å². The van der Waals surface area contributed by atoms with E-state index < -0.39 is 17.4 Å². The molecule has 1 aromatic rings. The number of thiophene rings is 1. The number of anilines is 1. The maximum atomic E-state index is 11.8. The van der Waals surface area contributed by atoms with Crippen molar-refractivity contribution in [3.63, 3.8) is 0 Å². The van der Waals surface area contributed by atoms with Crippen molar-refractivity contribution in [2.75, 3.05) is 11.9 Å². The Morgan fingerprint density at radius 3 is 2.48 bits per heavy atom. The van der Waals surface area contributed by atoms with E-state index in [1.165, 1.54) is 11.3 Å². The summed E-state index contributed by atoms with van der Waals surface area (Å²) in [7, 11) is 0. The summed E-state index contributed by atoms with van der Waals surface area (Å²) in [5.41, 5.74) is -0.0509. The molecular formula is C17H26N2O3S. The van der Waals surface area contributed by atoms with E-state index >= 15 is 0 Å². The number of carbonyl (C=O) groups is 2. The van der Waals surface area contributed by atoms with Gasteiger partial charge in [-0.25, -0.2) is 0 Å². The molecule has 1 aromatic heterocycles. The first-order valence-electron chi connectivity index (χ1n) is 8.03. The van der Waals surface area contributed by atoms with Crippen molar-refractivity contribution in [3.8, 4) is 0 Å². The molecule has 1 aliphatic carbocycles. The molecule has 2 amide bonds.